The number of fused-ring (bicyclic) bond motifs is 1. The Hall–Kier alpha value is -2.69. The number of carboxylic acid groups (broad SMARTS) is 1. The molecule has 11 heteroatoms. The average Bonchev–Trinajstić information content (AvgIpc) is 3.47. The first-order valence-corrected chi connectivity index (χ1v) is 15.0. The summed E-state index contributed by atoms with van der Waals surface area (Å²) in [4.78, 5) is 34.2. The lowest BCUT2D eigenvalue weighted by molar-refractivity contribution is 0.0871. The highest BCUT2D eigenvalue weighted by molar-refractivity contribution is 6.76. The second-order valence-electron chi connectivity index (χ2n) is 9.60. The SMILES string of the molecule is C[Si](C)(C)CCOCn1cnc(-n2c(C(NC(=O)O)C3CC3)nc3cccc(Cl)c3c2=O)c1. The minimum Gasteiger partial charge on any atom is -0.465 e. The number of rotatable bonds is 9. The van der Waals surface area contributed by atoms with Gasteiger partial charge in [-0.2, -0.15) is 0 Å². The van der Waals surface area contributed by atoms with Crippen LogP contribution in [0, 0.1) is 5.92 Å². The van der Waals surface area contributed by atoms with E-state index in [0.717, 1.165) is 18.9 Å². The van der Waals surface area contributed by atoms with Gasteiger partial charge in [0.25, 0.3) is 5.56 Å². The third kappa shape index (κ3) is 5.45. The maximum atomic E-state index is 13.6. The Labute approximate surface area is 197 Å². The van der Waals surface area contributed by atoms with Gasteiger partial charge in [-0.3, -0.25) is 4.79 Å². The zero-order chi connectivity index (χ0) is 23.8. The summed E-state index contributed by atoms with van der Waals surface area (Å²) in [6, 6.07) is 5.47. The van der Waals surface area contributed by atoms with Crippen molar-refractivity contribution in [2.24, 2.45) is 5.92 Å². The van der Waals surface area contributed by atoms with Crippen molar-refractivity contribution in [3.8, 4) is 5.82 Å². The molecule has 0 saturated heterocycles. The molecule has 33 heavy (non-hydrogen) atoms. The van der Waals surface area contributed by atoms with Gasteiger partial charge in [-0.1, -0.05) is 37.3 Å². The number of imidazole rings is 1. The van der Waals surface area contributed by atoms with E-state index in [9.17, 15) is 14.7 Å². The molecule has 0 spiro atoms. The third-order valence-electron chi connectivity index (χ3n) is 5.61. The third-order valence-corrected chi connectivity index (χ3v) is 7.63. The van der Waals surface area contributed by atoms with Gasteiger partial charge >= 0.3 is 6.09 Å². The van der Waals surface area contributed by atoms with E-state index in [1.807, 2.05) is 0 Å². The van der Waals surface area contributed by atoms with Gasteiger partial charge in [0.1, 0.15) is 12.6 Å². The molecule has 1 aliphatic rings. The Morgan fingerprint density at radius 3 is 2.79 bits per heavy atom. The molecule has 0 bridgehead atoms. The Morgan fingerprint density at radius 1 is 1.36 bits per heavy atom. The molecule has 2 aromatic heterocycles. The van der Waals surface area contributed by atoms with E-state index in [-0.39, 0.29) is 21.9 Å². The van der Waals surface area contributed by atoms with Gasteiger partial charge in [-0.15, -0.1) is 0 Å². The predicted octanol–water partition coefficient (Wildman–Crippen LogP) is 4.27. The summed E-state index contributed by atoms with van der Waals surface area (Å²) in [7, 11) is -1.19. The summed E-state index contributed by atoms with van der Waals surface area (Å²) >= 11 is 6.33. The summed E-state index contributed by atoms with van der Waals surface area (Å²) in [5, 5.41) is 12.5. The first-order valence-electron chi connectivity index (χ1n) is 10.9. The van der Waals surface area contributed by atoms with Crippen LogP contribution in [-0.2, 0) is 11.5 Å². The quantitative estimate of drug-likeness (QED) is 0.343. The molecule has 9 nitrogen and oxygen atoms in total. The first kappa shape index (κ1) is 23.5. The normalized spacial score (nSPS) is 15.0. The van der Waals surface area contributed by atoms with Crippen LogP contribution in [0.15, 0.2) is 35.5 Å². The van der Waals surface area contributed by atoms with E-state index in [1.54, 1.807) is 35.3 Å². The van der Waals surface area contributed by atoms with Crippen molar-refractivity contribution in [2.75, 3.05) is 6.61 Å². The lowest BCUT2D eigenvalue weighted by atomic mass is 10.1. The Bertz CT molecular complexity index is 1230. The van der Waals surface area contributed by atoms with Crippen LogP contribution < -0.4 is 10.9 Å². The molecule has 2 heterocycles. The number of halogens is 1. The maximum Gasteiger partial charge on any atom is 0.405 e. The van der Waals surface area contributed by atoms with E-state index in [4.69, 9.17) is 16.3 Å². The molecule has 1 aromatic carbocycles. The molecule has 176 valence electrons. The molecule has 4 rings (SSSR count). The zero-order valence-corrected chi connectivity index (χ0v) is 20.7. The van der Waals surface area contributed by atoms with E-state index < -0.39 is 20.2 Å². The number of amides is 1. The fourth-order valence-corrected chi connectivity index (χ4v) is 4.68. The van der Waals surface area contributed by atoms with Crippen LogP contribution >= 0.6 is 11.6 Å². The van der Waals surface area contributed by atoms with Gasteiger partial charge in [0.2, 0.25) is 0 Å². The second kappa shape index (κ2) is 9.28. The highest BCUT2D eigenvalue weighted by atomic mass is 35.5. The van der Waals surface area contributed by atoms with E-state index in [2.05, 4.69) is 34.9 Å². The lowest BCUT2D eigenvalue weighted by Gasteiger charge is -2.20. The summed E-state index contributed by atoms with van der Waals surface area (Å²) < 4.78 is 8.91. The summed E-state index contributed by atoms with van der Waals surface area (Å²) in [5.41, 5.74) is 0.0361. The Balaban J connectivity index is 1.74. The van der Waals surface area contributed by atoms with E-state index >= 15 is 0 Å². The van der Waals surface area contributed by atoms with Crippen molar-refractivity contribution in [1.29, 1.82) is 0 Å². The van der Waals surface area contributed by atoms with Crippen LogP contribution in [0.25, 0.3) is 16.7 Å². The van der Waals surface area contributed by atoms with Gasteiger partial charge in [0.05, 0.1) is 34.5 Å². The summed E-state index contributed by atoms with van der Waals surface area (Å²) in [6.07, 6.45) is 3.84. The standard InChI is InChI=1S/C22H28ClN5O4Si/c1-33(2,3)10-9-32-13-27-11-17(24-12-27)28-20(19(14-7-8-14)26-22(30)31)25-16-6-4-5-15(23)18(16)21(28)29/h4-6,11-12,14,19,26H,7-10,13H2,1-3H3,(H,30,31). The van der Waals surface area contributed by atoms with Crippen LogP contribution in [0.2, 0.25) is 30.7 Å². The van der Waals surface area contributed by atoms with Gasteiger partial charge in [0.15, 0.2) is 5.82 Å². The van der Waals surface area contributed by atoms with Gasteiger partial charge in [0, 0.05) is 14.7 Å². The lowest BCUT2D eigenvalue weighted by Crippen LogP contribution is -2.35. The minimum atomic E-state index is -1.19. The Morgan fingerprint density at radius 2 is 2.12 bits per heavy atom. The molecule has 3 aromatic rings. The molecule has 1 aliphatic carbocycles. The van der Waals surface area contributed by atoms with Crippen LogP contribution in [0.3, 0.4) is 0 Å². The molecule has 1 fully saturated rings. The molecule has 2 N–H and O–H groups in total. The van der Waals surface area contributed by atoms with Crippen LogP contribution in [0.5, 0.6) is 0 Å². The predicted molar refractivity (Wildman–Crippen MR) is 129 cm³/mol. The second-order valence-corrected chi connectivity index (χ2v) is 15.6. The summed E-state index contributed by atoms with van der Waals surface area (Å²) in [5.74, 6) is 0.725. The molecular weight excluding hydrogens is 462 g/mol. The fourth-order valence-electron chi connectivity index (χ4n) is 3.68. The summed E-state index contributed by atoms with van der Waals surface area (Å²) in [6.45, 7) is 7.84. The first-order chi connectivity index (χ1) is 15.6. The van der Waals surface area contributed by atoms with Crippen molar-refractivity contribution < 1.29 is 14.6 Å². The minimum absolute atomic E-state index is 0.0721. The van der Waals surface area contributed by atoms with E-state index in [0.29, 0.717) is 30.5 Å². The van der Waals surface area contributed by atoms with Crippen LogP contribution in [0.1, 0.15) is 24.7 Å². The van der Waals surface area contributed by atoms with E-state index in [1.165, 1.54) is 4.57 Å². The number of carbonyl (C=O) groups is 1. The largest absolute Gasteiger partial charge is 0.465 e. The van der Waals surface area contributed by atoms with Crippen molar-refractivity contribution in [3.63, 3.8) is 0 Å². The van der Waals surface area contributed by atoms with Crippen molar-refractivity contribution in [3.05, 3.63) is 51.9 Å². The van der Waals surface area contributed by atoms with Crippen molar-refractivity contribution >= 4 is 36.7 Å². The average molecular weight is 490 g/mol. The number of aromatic nitrogens is 4. The highest BCUT2D eigenvalue weighted by Crippen LogP contribution is 2.41. The number of nitrogens with zero attached hydrogens (tertiary/aromatic N) is 4. The number of benzene rings is 1. The highest BCUT2D eigenvalue weighted by Gasteiger charge is 2.37. The molecule has 1 saturated carbocycles. The van der Waals surface area contributed by atoms with Gasteiger partial charge in [-0.05, 0) is 36.9 Å². The molecular formula is C22H28ClN5O4Si. The number of ether oxygens (including phenoxy) is 1. The monoisotopic (exact) mass is 489 g/mol. The maximum absolute atomic E-state index is 13.6. The molecule has 0 radical (unpaired) electrons. The number of nitrogens with one attached hydrogen (secondary N) is 1. The van der Waals surface area contributed by atoms with Crippen molar-refractivity contribution in [2.45, 2.75) is 51.3 Å². The molecule has 1 amide bonds. The topological polar surface area (TPSA) is 111 Å². The van der Waals surface area contributed by atoms with Crippen LogP contribution in [-0.4, -0.2) is 45.0 Å². The molecule has 0 aliphatic heterocycles. The van der Waals surface area contributed by atoms with Gasteiger partial charge < -0.3 is 19.7 Å². The van der Waals surface area contributed by atoms with Gasteiger partial charge in [-0.25, -0.2) is 19.3 Å². The number of hydrogen-bond acceptors (Lipinski definition) is 5. The zero-order valence-electron chi connectivity index (χ0n) is 18.9. The fraction of sp³-hybridized carbons (Fsp3) is 0.455. The van der Waals surface area contributed by atoms with Crippen molar-refractivity contribution in [1.82, 2.24) is 24.4 Å². The molecule has 1 unspecified atom stereocenters. The number of hydrogen-bond donors (Lipinski definition) is 2. The van der Waals surface area contributed by atoms with Crippen LogP contribution in [0.4, 0.5) is 4.79 Å². The Kier molecular flexibility index (Phi) is 6.60. The smallest absolute Gasteiger partial charge is 0.405 e. The molecule has 1 atom stereocenters.